The number of benzene rings is 3. The molecule has 1 atom stereocenters. The van der Waals surface area contributed by atoms with E-state index < -0.39 is 4.87 Å². The maximum absolute atomic E-state index is 14.1. The van der Waals surface area contributed by atoms with Gasteiger partial charge in [-0.3, -0.25) is 9.69 Å². The van der Waals surface area contributed by atoms with E-state index in [0.29, 0.717) is 30.3 Å². The van der Waals surface area contributed by atoms with Crippen molar-refractivity contribution in [3.63, 3.8) is 0 Å². The summed E-state index contributed by atoms with van der Waals surface area (Å²) < 4.78 is 5.28. The smallest absolute Gasteiger partial charge is 0.323 e. The summed E-state index contributed by atoms with van der Waals surface area (Å²) in [6.45, 7) is 5.01. The van der Waals surface area contributed by atoms with Crippen molar-refractivity contribution in [1.29, 1.82) is 0 Å². The van der Waals surface area contributed by atoms with Gasteiger partial charge in [-0.2, -0.15) is 0 Å². The maximum atomic E-state index is 14.1. The molecule has 1 spiro atoms. The summed E-state index contributed by atoms with van der Waals surface area (Å²) in [4.78, 5) is 30.1. The zero-order valence-corrected chi connectivity index (χ0v) is 20.3. The number of ether oxygens (including phenoxy) is 1. The number of fused-ring (bicyclic) bond motifs is 2. The molecule has 1 fully saturated rings. The Morgan fingerprint density at radius 3 is 2.65 bits per heavy atom. The minimum absolute atomic E-state index is 0.0714. The fourth-order valence-corrected chi connectivity index (χ4v) is 6.22. The van der Waals surface area contributed by atoms with E-state index in [9.17, 15) is 9.59 Å². The predicted octanol–water partition coefficient (Wildman–Crippen LogP) is 5.29. The van der Waals surface area contributed by atoms with Gasteiger partial charge >= 0.3 is 6.03 Å². The van der Waals surface area contributed by atoms with Crippen LogP contribution in [0.5, 0.6) is 5.75 Å². The molecule has 5 rings (SSSR count). The van der Waals surface area contributed by atoms with Gasteiger partial charge in [-0.25, -0.2) is 4.79 Å². The molecule has 174 valence electrons. The topological polar surface area (TPSA) is 61.9 Å². The first-order chi connectivity index (χ1) is 16.4. The van der Waals surface area contributed by atoms with Gasteiger partial charge in [-0.15, -0.1) is 11.8 Å². The Morgan fingerprint density at radius 2 is 1.85 bits per heavy atom. The second-order valence-electron chi connectivity index (χ2n) is 8.71. The number of hydrogen-bond donors (Lipinski definition) is 1. The van der Waals surface area contributed by atoms with E-state index in [1.54, 1.807) is 18.1 Å². The van der Waals surface area contributed by atoms with Crippen LogP contribution in [0.3, 0.4) is 0 Å². The average molecular weight is 474 g/mol. The molecule has 0 bridgehead atoms. The number of carbonyl (C=O) groups is 2. The van der Waals surface area contributed by atoms with Gasteiger partial charge in [0.2, 0.25) is 0 Å². The molecule has 34 heavy (non-hydrogen) atoms. The minimum Gasteiger partial charge on any atom is -0.497 e. The molecule has 1 N–H and O–H groups in total. The Labute approximate surface area is 203 Å². The van der Waals surface area contributed by atoms with Gasteiger partial charge in [0.25, 0.3) is 5.91 Å². The number of anilines is 2. The van der Waals surface area contributed by atoms with Crippen LogP contribution >= 0.6 is 11.8 Å². The van der Waals surface area contributed by atoms with E-state index in [-0.39, 0.29) is 11.9 Å². The van der Waals surface area contributed by atoms with Gasteiger partial charge < -0.3 is 15.0 Å². The predicted molar refractivity (Wildman–Crippen MR) is 136 cm³/mol. The number of nitrogens with one attached hydrogen (secondary N) is 1. The highest BCUT2D eigenvalue weighted by Gasteiger charge is 2.59. The van der Waals surface area contributed by atoms with Crippen molar-refractivity contribution in [2.75, 3.05) is 29.6 Å². The first-order valence-electron chi connectivity index (χ1n) is 11.3. The molecule has 0 radical (unpaired) electrons. The number of aryl methyl sites for hydroxylation is 2. The summed E-state index contributed by atoms with van der Waals surface area (Å²) in [5, 5.41) is 2.97. The number of thioether (sulfide) groups is 1. The van der Waals surface area contributed by atoms with Gasteiger partial charge in [0.1, 0.15) is 5.75 Å². The first-order valence-corrected chi connectivity index (χ1v) is 12.3. The van der Waals surface area contributed by atoms with Crippen LogP contribution in [-0.2, 0) is 16.2 Å². The van der Waals surface area contributed by atoms with Crippen molar-refractivity contribution < 1.29 is 14.3 Å². The van der Waals surface area contributed by atoms with E-state index >= 15 is 0 Å². The Hall–Kier alpha value is -3.45. The Balaban J connectivity index is 1.52. The number of carbonyl (C=O) groups excluding carboxylic acids is 2. The number of urea groups is 1. The van der Waals surface area contributed by atoms with Gasteiger partial charge in [-0.1, -0.05) is 53.6 Å². The van der Waals surface area contributed by atoms with Crippen molar-refractivity contribution >= 4 is 35.1 Å². The van der Waals surface area contributed by atoms with Crippen LogP contribution in [0.4, 0.5) is 16.2 Å². The minimum atomic E-state index is -1.08. The van der Waals surface area contributed by atoms with E-state index in [4.69, 9.17) is 4.74 Å². The molecule has 0 aromatic heterocycles. The van der Waals surface area contributed by atoms with Crippen molar-refractivity contribution in [2.24, 2.45) is 0 Å². The first kappa shape index (κ1) is 22.3. The fourth-order valence-electron chi connectivity index (χ4n) is 4.77. The number of hydrogen-bond acceptors (Lipinski definition) is 4. The molecular formula is C27H27N3O3S. The number of amides is 3. The van der Waals surface area contributed by atoms with Gasteiger partial charge in [0.15, 0.2) is 4.87 Å². The highest BCUT2D eigenvalue weighted by atomic mass is 32.2. The van der Waals surface area contributed by atoms with Crippen LogP contribution in [0, 0.1) is 13.8 Å². The van der Waals surface area contributed by atoms with E-state index in [2.05, 4.69) is 11.4 Å². The lowest BCUT2D eigenvalue weighted by atomic mass is 10.0. The van der Waals surface area contributed by atoms with Crippen LogP contribution in [0.25, 0.3) is 0 Å². The van der Waals surface area contributed by atoms with Gasteiger partial charge in [0, 0.05) is 29.6 Å². The highest BCUT2D eigenvalue weighted by Crippen LogP contribution is 2.54. The molecular weight excluding hydrogens is 446 g/mol. The molecule has 7 heteroatoms. The van der Waals surface area contributed by atoms with Crippen molar-refractivity contribution in [1.82, 2.24) is 4.90 Å². The Bertz CT molecular complexity index is 1280. The largest absolute Gasteiger partial charge is 0.497 e. The molecule has 3 aromatic carbocycles. The average Bonchev–Trinajstić information content (AvgIpc) is 3.36. The Kier molecular flexibility index (Phi) is 5.73. The summed E-state index contributed by atoms with van der Waals surface area (Å²) in [6, 6.07) is 21.2. The molecule has 2 aliphatic rings. The number of rotatable bonds is 4. The third kappa shape index (κ3) is 3.70. The lowest BCUT2D eigenvalue weighted by molar-refractivity contribution is -0.123. The lowest BCUT2D eigenvalue weighted by Gasteiger charge is -2.33. The SMILES string of the molecule is COc1cccc(NC(=O)N2CCS[C@]23C(=O)N(Cc2cccc(C)c2)c2ccc(C)cc23)c1. The molecule has 1 saturated heterocycles. The monoisotopic (exact) mass is 473 g/mol. The van der Waals surface area contributed by atoms with Crippen molar-refractivity contribution in [3.05, 3.63) is 89.0 Å². The van der Waals surface area contributed by atoms with Crippen LogP contribution in [0.2, 0.25) is 0 Å². The summed E-state index contributed by atoms with van der Waals surface area (Å²) in [6.07, 6.45) is 0. The Morgan fingerprint density at radius 1 is 1.06 bits per heavy atom. The van der Waals surface area contributed by atoms with Crippen molar-refractivity contribution in [3.8, 4) is 5.75 Å². The summed E-state index contributed by atoms with van der Waals surface area (Å²) in [5.74, 6) is 1.27. The highest BCUT2D eigenvalue weighted by molar-refractivity contribution is 8.01. The summed E-state index contributed by atoms with van der Waals surface area (Å²) in [7, 11) is 1.59. The molecule has 0 saturated carbocycles. The quantitative estimate of drug-likeness (QED) is 0.559. The maximum Gasteiger partial charge on any atom is 0.323 e. The third-order valence-electron chi connectivity index (χ3n) is 6.34. The molecule has 6 nitrogen and oxygen atoms in total. The van der Waals surface area contributed by atoms with Crippen LogP contribution in [-0.4, -0.2) is 36.2 Å². The van der Waals surface area contributed by atoms with Crippen LogP contribution in [0.15, 0.2) is 66.7 Å². The molecule has 3 aromatic rings. The zero-order chi connectivity index (χ0) is 23.9. The van der Waals surface area contributed by atoms with Crippen LogP contribution in [0.1, 0.15) is 22.3 Å². The van der Waals surface area contributed by atoms with Crippen molar-refractivity contribution in [2.45, 2.75) is 25.3 Å². The molecule has 0 aliphatic carbocycles. The van der Waals surface area contributed by atoms with Gasteiger partial charge in [0.05, 0.1) is 19.3 Å². The summed E-state index contributed by atoms with van der Waals surface area (Å²) >= 11 is 1.53. The number of methoxy groups -OCH3 is 1. The zero-order valence-electron chi connectivity index (χ0n) is 19.5. The standard InChI is InChI=1S/C27H27N3O3S/c1-18-6-4-7-20(14-18)17-29-24-11-10-19(2)15-23(24)27(25(29)31)30(12-13-34-27)26(32)28-21-8-5-9-22(16-21)33-3/h4-11,14-16H,12-13,17H2,1-3H3,(H,28,32)/t27-/m1/s1. The molecule has 0 unspecified atom stereocenters. The second kappa shape index (κ2) is 8.72. The normalized spacial score (nSPS) is 19.0. The molecule has 2 heterocycles. The molecule has 3 amide bonds. The van der Waals surface area contributed by atoms with Gasteiger partial charge in [-0.05, 0) is 37.6 Å². The molecule has 2 aliphatic heterocycles. The van der Waals surface area contributed by atoms with E-state index in [1.807, 2.05) is 73.3 Å². The second-order valence-corrected chi connectivity index (χ2v) is 9.99. The fraction of sp³-hybridized carbons (Fsp3) is 0.259. The summed E-state index contributed by atoms with van der Waals surface area (Å²) in [5.41, 5.74) is 5.65. The van der Waals surface area contributed by atoms with E-state index in [1.165, 1.54) is 11.8 Å². The third-order valence-corrected chi connectivity index (χ3v) is 7.76. The van der Waals surface area contributed by atoms with E-state index in [0.717, 1.165) is 27.9 Å². The van der Waals surface area contributed by atoms with Crippen LogP contribution < -0.4 is 15.0 Å². The lowest BCUT2D eigenvalue weighted by Crippen LogP contribution is -2.51. The number of nitrogens with zero attached hydrogens (tertiary/aromatic N) is 2.